The molecule has 1 aliphatic heterocycles. The Bertz CT molecular complexity index is 918. The maximum atomic E-state index is 13.1. The second kappa shape index (κ2) is 14.3. The van der Waals surface area contributed by atoms with Crippen molar-refractivity contribution in [3.63, 3.8) is 0 Å². The zero-order chi connectivity index (χ0) is 26.7. The van der Waals surface area contributed by atoms with Gasteiger partial charge in [0.1, 0.15) is 6.04 Å². The van der Waals surface area contributed by atoms with Crippen molar-refractivity contribution in [1.29, 1.82) is 0 Å². The van der Waals surface area contributed by atoms with E-state index in [9.17, 15) is 24.0 Å². The van der Waals surface area contributed by atoms with Crippen LogP contribution in [0.3, 0.4) is 0 Å². The van der Waals surface area contributed by atoms with Gasteiger partial charge >= 0.3 is 5.97 Å². The number of Topliss-reactive ketones (excluding diaryl/α,β-unsaturated/α-hetero) is 1. The van der Waals surface area contributed by atoms with Crippen molar-refractivity contribution >= 4 is 29.5 Å². The number of benzene rings is 1. The van der Waals surface area contributed by atoms with Gasteiger partial charge in [0.2, 0.25) is 17.7 Å². The summed E-state index contributed by atoms with van der Waals surface area (Å²) in [6, 6.07) is 6.66. The molecule has 1 aliphatic rings. The molecule has 0 spiro atoms. The molecule has 0 bridgehead atoms. The van der Waals surface area contributed by atoms with E-state index in [0.717, 1.165) is 0 Å². The Kier molecular flexibility index (Phi) is 11.5. The van der Waals surface area contributed by atoms with Crippen LogP contribution in [0.15, 0.2) is 30.3 Å². The summed E-state index contributed by atoms with van der Waals surface area (Å²) in [5.41, 5.74) is 3.30. The van der Waals surface area contributed by atoms with Crippen molar-refractivity contribution in [2.75, 3.05) is 19.7 Å². The topological polar surface area (TPSA) is 134 Å². The Morgan fingerprint density at radius 3 is 2.42 bits per heavy atom. The molecular weight excluding hydrogens is 464 g/mol. The summed E-state index contributed by atoms with van der Waals surface area (Å²) in [5, 5.41) is 6.77. The lowest BCUT2D eigenvalue weighted by Gasteiger charge is -2.36. The molecule has 10 nitrogen and oxygen atoms in total. The van der Waals surface area contributed by atoms with Gasteiger partial charge in [0.05, 0.1) is 11.6 Å². The molecule has 198 valence electrons. The van der Waals surface area contributed by atoms with E-state index in [2.05, 4.69) is 16.1 Å². The molecule has 0 aromatic heterocycles. The Hall–Kier alpha value is -3.27. The van der Waals surface area contributed by atoms with Crippen molar-refractivity contribution in [2.45, 2.75) is 65.5 Å². The summed E-state index contributed by atoms with van der Waals surface area (Å²) in [5.74, 6) is -1.98. The second-order valence-electron chi connectivity index (χ2n) is 9.67. The van der Waals surface area contributed by atoms with Gasteiger partial charge < -0.3 is 15.4 Å². The van der Waals surface area contributed by atoms with Gasteiger partial charge in [0.25, 0.3) is 0 Å². The number of nitrogens with zero attached hydrogens (tertiary/aromatic N) is 1. The summed E-state index contributed by atoms with van der Waals surface area (Å²) in [4.78, 5) is 62.7. The maximum Gasteiger partial charge on any atom is 0.338 e. The molecule has 3 amide bonds. The molecule has 0 saturated carbocycles. The number of nitrogens with one attached hydrogen (secondary N) is 3. The van der Waals surface area contributed by atoms with Gasteiger partial charge in [-0.1, -0.05) is 45.9 Å². The van der Waals surface area contributed by atoms with Crippen molar-refractivity contribution in [3.05, 3.63) is 35.9 Å². The predicted molar refractivity (Wildman–Crippen MR) is 133 cm³/mol. The van der Waals surface area contributed by atoms with Gasteiger partial charge in [0, 0.05) is 25.9 Å². The van der Waals surface area contributed by atoms with Gasteiger partial charge in [-0.2, -0.15) is 0 Å². The highest BCUT2D eigenvalue weighted by Crippen LogP contribution is 2.14. The number of hydrazine groups is 1. The van der Waals surface area contributed by atoms with Crippen LogP contribution in [0.1, 0.15) is 63.7 Å². The first-order valence-electron chi connectivity index (χ1n) is 12.5. The molecule has 0 unspecified atom stereocenters. The van der Waals surface area contributed by atoms with Crippen LogP contribution in [0.5, 0.6) is 0 Å². The average Bonchev–Trinajstić information content (AvgIpc) is 2.85. The average molecular weight is 503 g/mol. The van der Waals surface area contributed by atoms with E-state index in [1.54, 1.807) is 44.2 Å². The molecule has 1 heterocycles. The molecule has 10 heteroatoms. The third-order valence-electron chi connectivity index (χ3n) is 5.74. The van der Waals surface area contributed by atoms with Gasteiger partial charge in [-0.3, -0.25) is 24.2 Å². The van der Waals surface area contributed by atoms with Gasteiger partial charge in [-0.05, 0) is 36.8 Å². The molecule has 1 aromatic rings. The van der Waals surface area contributed by atoms with E-state index < -0.39 is 36.4 Å². The normalized spacial score (nSPS) is 16.4. The molecule has 36 heavy (non-hydrogen) atoms. The summed E-state index contributed by atoms with van der Waals surface area (Å²) in [6.07, 6.45) is 1.54. The van der Waals surface area contributed by atoms with Crippen molar-refractivity contribution < 1.29 is 28.7 Å². The van der Waals surface area contributed by atoms with E-state index in [1.165, 1.54) is 5.01 Å². The number of amides is 3. The van der Waals surface area contributed by atoms with E-state index in [0.29, 0.717) is 31.4 Å². The van der Waals surface area contributed by atoms with Crippen LogP contribution in [0, 0.1) is 11.8 Å². The quantitative estimate of drug-likeness (QED) is 0.370. The molecule has 1 aromatic carbocycles. The first-order valence-corrected chi connectivity index (χ1v) is 12.5. The Labute approximate surface area is 212 Å². The number of carbonyl (C=O) groups excluding carboxylic acids is 5. The highest BCUT2D eigenvalue weighted by molar-refractivity contribution is 5.95. The van der Waals surface area contributed by atoms with Crippen molar-refractivity contribution in [2.24, 2.45) is 11.8 Å². The summed E-state index contributed by atoms with van der Waals surface area (Å²) in [7, 11) is 0. The SMILES string of the molecule is CC(C)CC(=O)NCCC(=O)N1NCCC[C@H]1C(=O)N[C@H](C(=O)COC(=O)c1ccccc1)C(C)C. The molecule has 1 fully saturated rings. The van der Waals surface area contributed by atoms with E-state index >= 15 is 0 Å². The van der Waals surface area contributed by atoms with Crippen LogP contribution >= 0.6 is 0 Å². The Morgan fingerprint density at radius 1 is 1.08 bits per heavy atom. The zero-order valence-electron chi connectivity index (χ0n) is 21.5. The molecular formula is C26H38N4O6. The third kappa shape index (κ3) is 9.07. The van der Waals surface area contributed by atoms with Crippen molar-refractivity contribution in [3.8, 4) is 0 Å². The maximum absolute atomic E-state index is 13.1. The second-order valence-corrected chi connectivity index (χ2v) is 9.67. The van der Waals surface area contributed by atoms with Crippen LogP contribution in [0.2, 0.25) is 0 Å². The van der Waals surface area contributed by atoms with Crippen LogP contribution in [0.25, 0.3) is 0 Å². The monoisotopic (exact) mass is 502 g/mol. The summed E-state index contributed by atoms with van der Waals surface area (Å²) < 4.78 is 5.14. The first kappa shape index (κ1) is 29.0. The van der Waals surface area contributed by atoms with Crippen LogP contribution < -0.4 is 16.1 Å². The molecule has 3 N–H and O–H groups in total. The van der Waals surface area contributed by atoms with Crippen LogP contribution in [0.4, 0.5) is 0 Å². The first-order chi connectivity index (χ1) is 17.1. The molecule has 0 radical (unpaired) electrons. The number of rotatable bonds is 12. The minimum atomic E-state index is -0.879. The standard InChI is InChI=1S/C26H38N4O6/c1-17(2)15-22(32)27-14-12-23(33)30-20(11-8-13-28-30)25(34)29-24(18(3)4)21(31)16-36-26(35)19-9-6-5-7-10-19/h5-7,9-10,17-18,20,24,28H,8,11-16H2,1-4H3,(H,27,32)(H,29,34)/t20-,24-/m0/s1. The number of hydrogen-bond acceptors (Lipinski definition) is 7. The number of ether oxygens (including phenoxy) is 1. The van der Waals surface area contributed by atoms with Crippen LogP contribution in [-0.4, -0.2) is 66.3 Å². The fraction of sp³-hybridized carbons (Fsp3) is 0.577. The van der Waals surface area contributed by atoms with Crippen molar-refractivity contribution in [1.82, 2.24) is 21.1 Å². The van der Waals surface area contributed by atoms with E-state index in [4.69, 9.17) is 4.74 Å². The molecule has 0 aliphatic carbocycles. The van der Waals surface area contributed by atoms with Gasteiger partial charge in [0.15, 0.2) is 12.4 Å². The Morgan fingerprint density at radius 2 is 1.78 bits per heavy atom. The minimum absolute atomic E-state index is 0.0442. The zero-order valence-corrected chi connectivity index (χ0v) is 21.5. The van der Waals surface area contributed by atoms with E-state index in [1.807, 2.05) is 13.8 Å². The largest absolute Gasteiger partial charge is 0.454 e. The highest BCUT2D eigenvalue weighted by atomic mass is 16.5. The summed E-state index contributed by atoms with van der Waals surface area (Å²) in [6.45, 7) is 7.68. The minimum Gasteiger partial charge on any atom is -0.454 e. The lowest BCUT2D eigenvalue weighted by molar-refractivity contribution is -0.147. The number of esters is 1. The fourth-order valence-corrected chi connectivity index (χ4v) is 3.87. The summed E-state index contributed by atoms with van der Waals surface area (Å²) >= 11 is 0. The number of ketones is 1. The van der Waals surface area contributed by atoms with Gasteiger partial charge in [-0.25, -0.2) is 10.2 Å². The number of hydrogen-bond donors (Lipinski definition) is 3. The fourth-order valence-electron chi connectivity index (χ4n) is 3.87. The molecule has 2 atom stereocenters. The highest BCUT2D eigenvalue weighted by Gasteiger charge is 2.35. The van der Waals surface area contributed by atoms with Gasteiger partial charge in [-0.15, -0.1) is 0 Å². The lowest BCUT2D eigenvalue weighted by Crippen LogP contribution is -2.61. The van der Waals surface area contributed by atoms with E-state index in [-0.39, 0.29) is 36.6 Å². The molecule has 2 rings (SSSR count). The lowest BCUT2D eigenvalue weighted by atomic mass is 9.98. The smallest absolute Gasteiger partial charge is 0.338 e. The predicted octanol–water partition coefficient (Wildman–Crippen LogP) is 1.60. The number of carbonyl (C=O) groups is 5. The third-order valence-corrected chi connectivity index (χ3v) is 5.74. The Balaban J connectivity index is 1.94. The molecule has 1 saturated heterocycles. The van der Waals surface area contributed by atoms with Crippen LogP contribution in [-0.2, 0) is 23.9 Å².